The molecule has 0 saturated heterocycles. The molecule has 2 heterocycles. The molecule has 0 saturated carbocycles. The predicted molar refractivity (Wildman–Crippen MR) is 117 cm³/mol. The molecule has 10 heteroatoms. The molecule has 154 valence electrons. The third kappa shape index (κ3) is 4.52. The average molecular weight is 463 g/mol. The summed E-state index contributed by atoms with van der Waals surface area (Å²) in [6, 6.07) is 12.2. The minimum Gasteiger partial charge on any atom is -0.420 e. The Kier molecular flexibility index (Phi) is 6.38. The number of hydrogen-bond donors (Lipinski definition) is 0. The summed E-state index contributed by atoms with van der Waals surface area (Å²) in [4.78, 5) is 17.6. The first-order valence-corrected chi connectivity index (χ1v) is 10.7. The van der Waals surface area contributed by atoms with Gasteiger partial charge in [-0.15, -0.1) is 10.2 Å². The van der Waals surface area contributed by atoms with Crippen molar-refractivity contribution in [1.82, 2.24) is 19.7 Å². The lowest BCUT2D eigenvalue weighted by Crippen LogP contribution is -2.25. The third-order valence-electron chi connectivity index (χ3n) is 4.28. The Hall–Kier alpha value is -2.39. The minimum absolute atomic E-state index is 0.149. The molecule has 2 aromatic carbocycles. The number of thioether (sulfide) groups is 1. The van der Waals surface area contributed by atoms with Crippen molar-refractivity contribution in [1.29, 1.82) is 0 Å². The van der Waals surface area contributed by atoms with Crippen molar-refractivity contribution in [2.75, 3.05) is 13.7 Å². The number of rotatable bonds is 7. The molecule has 0 aliphatic heterocycles. The number of benzene rings is 2. The van der Waals surface area contributed by atoms with E-state index in [0.717, 1.165) is 5.56 Å². The van der Waals surface area contributed by atoms with Crippen molar-refractivity contribution in [3.05, 3.63) is 68.8 Å². The summed E-state index contributed by atoms with van der Waals surface area (Å²) in [5.74, 6) is 1.17. The summed E-state index contributed by atoms with van der Waals surface area (Å²) in [5.41, 5.74) is 1.17. The standard InChI is InChI=1S/C20H16Cl2N4O3S/c1-28-9-8-26-19(27)15-7-6-14(22)10-16(15)23-20(26)30-11-17-24-25-18(29-17)12-2-4-13(21)5-3-12/h2-7,10H,8-9,11H2,1H3. The van der Waals surface area contributed by atoms with Gasteiger partial charge in [0.05, 0.1) is 29.8 Å². The highest BCUT2D eigenvalue weighted by Crippen LogP contribution is 2.25. The first-order valence-electron chi connectivity index (χ1n) is 8.95. The Bertz CT molecular complexity index is 1240. The van der Waals surface area contributed by atoms with Crippen molar-refractivity contribution in [3.8, 4) is 11.5 Å². The Labute approximate surface area is 186 Å². The first-order chi connectivity index (χ1) is 14.5. The van der Waals surface area contributed by atoms with Gasteiger partial charge in [0.2, 0.25) is 11.8 Å². The third-order valence-corrected chi connectivity index (χ3v) is 5.73. The maximum atomic E-state index is 12.9. The second kappa shape index (κ2) is 9.18. The highest BCUT2D eigenvalue weighted by atomic mass is 35.5. The normalized spacial score (nSPS) is 11.3. The monoisotopic (exact) mass is 462 g/mol. The van der Waals surface area contributed by atoms with Crippen LogP contribution in [0.1, 0.15) is 5.89 Å². The van der Waals surface area contributed by atoms with Crippen molar-refractivity contribution >= 4 is 45.9 Å². The van der Waals surface area contributed by atoms with Gasteiger partial charge in [-0.25, -0.2) is 4.98 Å². The van der Waals surface area contributed by atoms with Gasteiger partial charge in [0, 0.05) is 22.7 Å². The van der Waals surface area contributed by atoms with Gasteiger partial charge in [0.15, 0.2) is 5.16 Å². The number of methoxy groups -OCH3 is 1. The van der Waals surface area contributed by atoms with Gasteiger partial charge in [0.1, 0.15) is 0 Å². The summed E-state index contributed by atoms with van der Waals surface area (Å²) in [7, 11) is 1.59. The molecule has 0 fully saturated rings. The molecule has 0 aliphatic rings. The van der Waals surface area contributed by atoms with Crippen LogP contribution in [0.2, 0.25) is 10.0 Å². The molecule has 0 N–H and O–H groups in total. The summed E-state index contributed by atoms with van der Waals surface area (Å²) >= 11 is 13.3. The van der Waals surface area contributed by atoms with Gasteiger partial charge in [0.25, 0.3) is 5.56 Å². The zero-order chi connectivity index (χ0) is 21.1. The quantitative estimate of drug-likeness (QED) is 0.290. The Morgan fingerprint density at radius 2 is 1.87 bits per heavy atom. The van der Waals surface area contributed by atoms with E-state index in [0.29, 0.717) is 56.8 Å². The van der Waals surface area contributed by atoms with Crippen LogP contribution in [0.4, 0.5) is 0 Å². The molecule has 7 nitrogen and oxygen atoms in total. The van der Waals surface area contributed by atoms with E-state index in [9.17, 15) is 4.79 Å². The summed E-state index contributed by atoms with van der Waals surface area (Å²) in [6.45, 7) is 0.763. The van der Waals surface area contributed by atoms with E-state index in [1.807, 2.05) is 12.1 Å². The van der Waals surface area contributed by atoms with Gasteiger partial charge in [-0.05, 0) is 42.5 Å². The lowest BCUT2D eigenvalue weighted by Gasteiger charge is -2.12. The topological polar surface area (TPSA) is 83.0 Å². The van der Waals surface area contributed by atoms with Crippen LogP contribution in [0.15, 0.2) is 56.8 Å². The van der Waals surface area contributed by atoms with E-state index >= 15 is 0 Å². The molecule has 0 amide bonds. The fourth-order valence-corrected chi connectivity index (χ4v) is 3.97. The largest absolute Gasteiger partial charge is 0.420 e. The molecular formula is C20H16Cl2N4O3S. The molecule has 0 unspecified atom stereocenters. The summed E-state index contributed by atoms with van der Waals surface area (Å²) < 4.78 is 12.5. The Morgan fingerprint density at radius 1 is 1.10 bits per heavy atom. The van der Waals surface area contributed by atoms with Gasteiger partial charge in [-0.1, -0.05) is 35.0 Å². The van der Waals surface area contributed by atoms with Crippen LogP contribution in [0.5, 0.6) is 0 Å². The molecule has 0 atom stereocenters. The number of hydrogen-bond acceptors (Lipinski definition) is 7. The van der Waals surface area contributed by atoms with Crippen LogP contribution in [-0.2, 0) is 17.0 Å². The first kappa shape index (κ1) is 20.9. The molecular weight excluding hydrogens is 447 g/mol. The van der Waals surface area contributed by atoms with Crippen LogP contribution in [0.25, 0.3) is 22.4 Å². The number of ether oxygens (including phenoxy) is 1. The Balaban J connectivity index is 1.61. The predicted octanol–water partition coefficient (Wildman–Crippen LogP) is 4.69. The van der Waals surface area contributed by atoms with Crippen LogP contribution in [-0.4, -0.2) is 33.5 Å². The highest BCUT2D eigenvalue weighted by Gasteiger charge is 2.15. The van der Waals surface area contributed by atoms with Crippen molar-refractivity contribution < 1.29 is 9.15 Å². The highest BCUT2D eigenvalue weighted by molar-refractivity contribution is 7.98. The molecule has 0 spiro atoms. The van der Waals surface area contributed by atoms with Crippen molar-refractivity contribution in [3.63, 3.8) is 0 Å². The molecule has 2 aromatic heterocycles. The van der Waals surface area contributed by atoms with E-state index < -0.39 is 0 Å². The average Bonchev–Trinajstić information content (AvgIpc) is 3.21. The second-order valence-corrected chi connectivity index (χ2v) is 8.12. The minimum atomic E-state index is -0.149. The number of aromatic nitrogens is 4. The zero-order valence-corrected chi connectivity index (χ0v) is 18.2. The Morgan fingerprint density at radius 3 is 2.63 bits per heavy atom. The molecule has 4 rings (SSSR count). The van der Waals surface area contributed by atoms with E-state index in [-0.39, 0.29) is 5.56 Å². The van der Waals surface area contributed by atoms with Crippen molar-refractivity contribution in [2.24, 2.45) is 0 Å². The van der Waals surface area contributed by atoms with Crippen LogP contribution >= 0.6 is 35.0 Å². The summed E-state index contributed by atoms with van der Waals surface area (Å²) in [5, 5.41) is 10.3. The van der Waals surface area contributed by atoms with Crippen molar-refractivity contribution in [2.45, 2.75) is 17.5 Å². The lowest BCUT2D eigenvalue weighted by atomic mass is 10.2. The zero-order valence-electron chi connectivity index (χ0n) is 15.8. The lowest BCUT2D eigenvalue weighted by molar-refractivity contribution is 0.183. The maximum absolute atomic E-state index is 12.9. The smallest absolute Gasteiger partial charge is 0.262 e. The second-order valence-electron chi connectivity index (χ2n) is 6.30. The SMILES string of the molecule is COCCn1c(SCc2nnc(-c3ccc(Cl)cc3)o2)nc2cc(Cl)ccc2c1=O. The van der Waals surface area contributed by atoms with E-state index in [4.69, 9.17) is 32.4 Å². The fourth-order valence-electron chi connectivity index (χ4n) is 2.81. The van der Waals surface area contributed by atoms with Crippen LogP contribution in [0, 0.1) is 0 Å². The molecule has 4 aromatic rings. The van der Waals surface area contributed by atoms with E-state index in [2.05, 4.69) is 15.2 Å². The van der Waals surface area contributed by atoms with Gasteiger partial charge >= 0.3 is 0 Å². The molecule has 0 radical (unpaired) electrons. The molecule has 0 bridgehead atoms. The summed E-state index contributed by atoms with van der Waals surface area (Å²) in [6.07, 6.45) is 0. The number of halogens is 2. The van der Waals surface area contributed by atoms with Gasteiger partial charge in [-0.2, -0.15) is 0 Å². The fraction of sp³-hybridized carbons (Fsp3) is 0.200. The van der Waals surface area contributed by atoms with Crippen LogP contribution in [0.3, 0.4) is 0 Å². The molecule has 0 aliphatic carbocycles. The van der Waals surface area contributed by atoms with Gasteiger partial charge < -0.3 is 9.15 Å². The number of fused-ring (bicyclic) bond motifs is 1. The maximum Gasteiger partial charge on any atom is 0.262 e. The number of nitrogens with zero attached hydrogens (tertiary/aromatic N) is 4. The van der Waals surface area contributed by atoms with E-state index in [1.165, 1.54) is 11.8 Å². The molecule has 30 heavy (non-hydrogen) atoms. The van der Waals surface area contributed by atoms with E-state index in [1.54, 1.807) is 42.0 Å². The van der Waals surface area contributed by atoms with Crippen LogP contribution < -0.4 is 5.56 Å². The van der Waals surface area contributed by atoms with Gasteiger partial charge in [-0.3, -0.25) is 9.36 Å².